The summed E-state index contributed by atoms with van der Waals surface area (Å²) < 4.78 is 10.5. The second kappa shape index (κ2) is 7.50. The number of anilines is 1. The van der Waals surface area contributed by atoms with Gasteiger partial charge in [-0.25, -0.2) is 0 Å². The Morgan fingerprint density at radius 2 is 1.68 bits per heavy atom. The van der Waals surface area contributed by atoms with Crippen LogP contribution in [0.3, 0.4) is 0 Å². The number of para-hydroxylation sites is 1. The average Bonchev–Trinajstić information content (AvgIpc) is 2.53. The first kappa shape index (κ1) is 15.9. The molecule has 1 N–H and O–H groups in total. The fraction of sp³-hybridized carbons (Fsp3) is 0.278. The predicted octanol–water partition coefficient (Wildman–Crippen LogP) is 3.84. The highest BCUT2D eigenvalue weighted by atomic mass is 16.5. The predicted molar refractivity (Wildman–Crippen MR) is 87.6 cm³/mol. The van der Waals surface area contributed by atoms with E-state index in [2.05, 4.69) is 19.2 Å². The lowest BCUT2D eigenvalue weighted by atomic mass is 10.0. The molecule has 0 atom stereocenters. The summed E-state index contributed by atoms with van der Waals surface area (Å²) in [5.41, 5.74) is 1.95. The third-order valence-corrected chi connectivity index (χ3v) is 3.29. The second-order valence-corrected chi connectivity index (χ2v) is 5.25. The van der Waals surface area contributed by atoms with Crippen molar-refractivity contribution >= 4 is 11.6 Å². The van der Waals surface area contributed by atoms with Gasteiger partial charge in [0.2, 0.25) is 0 Å². The summed E-state index contributed by atoms with van der Waals surface area (Å²) in [5, 5.41) is 2.90. The Kier molecular flexibility index (Phi) is 5.42. The Labute approximate surface area is 131 Å². The number of carbonyl (C=O) groups is 1. The number of hydrogen-bond acceptors (Lipinski definition) is 3. The van der Waals surface area contributed by atoms with Gasteiger partial charge in [0.1, 0.15) is 11.5 Å². The summed E-state index contributed by atoms with van der Waals surface area (Å²) in [7, 11) is 1.61. The largest absolute Gasteiger partial charge is 0.497 e. The number of amides is 1. The molecule has 1 amide bonds. The van der Waals surface area contributed by atoms with Gasteiger partial charge in [-0.05, 0) is 41.8 Å². The number of nitrogens with one attached hydrogen (secondary N) is 1. The number of rotatable bonds is 6. The van der Waals surface area contributed by atoms with Gasteiger partial charge in [0.05, 0.1) is 7.11 Å². The quantitative estimate of drug-likeness (QED) is 0.881. The fourth-order valence-corrected chi connectivity index (χ4v) is 2.12. The topological polar surface area (TPSA) is 47.6 Å². The van der Waals surface area contributed by atoms with Crippen molar-refractivity contribution in [1.29, 1.82) is 0 Å². The van der Waals surface area contributed by atoms with E-state index < -0.39 is 0 Å². The molecule has 116 valence electrons. The average molecular weight is 299 g/mol. The van der Waals surface area contributed by atoms with Crippen LogP contribution < -0.4 is 14.8 Å². The molecule has 0 aliphatic rings. The number of carbonyl (C=O) groups excluding carboxylic acids is 1. The van der Waals surface area contributed by atoms with Crippen LogP contribution >= 0.6 is 0 Å². The van der Waals surface area contributed by atoms with Crippen LogP contribution in [-0.2, 0) is 4.79 Å². The van der Waals surface area contributed by atoms with Crippen molar-refractivity contribution in [2.45, 2.75) is 19.8 Å². The molecule has 2 rings (SSSR count). The van der Waals surface area contributed by atoms with Crippen LogP contribution in [0.2, 0.25) is 0 Å². The molecule has 0 saturated heterocycles. The van der Waals surface area contributed by atoms with Crippen molar-refractivity contribution < 1.29 is 14.3 Å². The van der Waals surface area contributed by atoms with Gasteiger partial charge >= 0.3 is 0 Å². The normalized spacial score (nSPS) is 10.4. The minimum atomic E-state index is -0.177. The summed E-state index contributed by atoms with van der Waals surface area (Å²) in [4.78, 5) is 12.0. The van der Waals surface area contributed by atoms with Crippen molar-refractivity contribution in [1.82, 2.24) is 0 Å². The molecule has 2 aromatic carbocycles. The zero-order chi connectivity index (χ0) is 15.9. The molecule has 4 heteroatoms. The summed E-state index contributed by atoms with van der Waals surface area (Å²) in [6, 6.07) is 14.9. The van der Waals surface area contributed by atoms with E-state index in [1.165, 1.54) is 0 Å². The number of ether oxygens (including phenoxy) is 2. The lowest BCUT2D eigenvalue weighted by Crippen LogP contribution is -2.21. The van der Waals surface area contributed by atoms with Gasteiger partial charge < -0.3 is 14.8 Å². The van der Waals surface area contributed by atoms with E-state index in [4.69, 9.17) is 9.47 Å². The highest BCUT2D eigenvalue weighted by molar-refractivity contribution is 5.92. The maximum absolute atomic E-state index is 12.0. The van der Waals surface area contributed by atoms with Crippen molar-refractivity contribution in [2.24, 2.45) is 0 Å². The Balaban J connectivity index is 1.93. The van der Waals surface area contributed by atoms with Gasteiger partial charge in [-0.2, -0.15) is 0 Å². The molecule has 0 radical (unpaired) electrons. The first-order valence-corrected chi connectivity index (χ1v) is 7.25. The molecular formula is C18H21NO3. The number of methoxy groups -OCH3 is 1. The van der Waals surface area contributed by atoms with E-state index in [-0.39, 0.29) is 12.5 Å². The molecule has 0 saturated carbocycles. The van der Waals surface area contributed by atoms with E-state index in [1.54, 1.807) is 31.4 Å². The van der Waals surface area contributed by atoms with Gasteiger partial charge in [0.25, 0.3) is 5.91 Å². The van der Waals surface area contributed by atoms with E-state index >= 15 is 0 Å². The second-order valence-electron chi connectivity index (χ2n) is 5.25. The molecule has 0 unspecified atom stereocenters. The smallest absolute Gasteiger partial charge is 0.262 e. The van der Waals surface area contributed by atoms with E-state index in [0.717, 1.165) is 17.0 Å². The maximum Gasteiger partial charge on any atom is 0.262 e. The van der Waals surface area contributed by atoms with Gasteiger partial charge in [-0.15, -0.1) is 0 Å². The molecule has 0 aliphatic heterocycles. The molecule has 0 spiro atoms. The molecule has 4 nitrogen and oxygen atoms in total. The molecule has 0 aliphatic carbocycles. The molecular weight excluding hydrogens is 278 g/mol. The molecule has 2 aromatic rings. The Hall–Kier alpha value is -2.49. The summed E-state index contributed by atoms with van der Waals surface area (Å²) in [6.45, 7) is 4.16. The number of benzene rings is 2. The van der Waals surface area contributed by atoms with Crippen LogP contribution in [0.1, 0.15) is 25.3 Å². The number of hydrogen-bond donors (Lipinski definition) is 1. The first-order chi connectivity index (χ1) is 10.6. The molecule has 0 bridgehead atoms. The molecule has 22 heavy (non-hydrogen) atoms. The van der Waals surface area contributed by atoms with Crippen molar-refractivity contribution in [3.05, 3.63) is 54.1 Å². The van der Waals surface area contributed by atoms with Gasteiger partial charge in [0, 0.05) is 5.69 Å². The first-order valence-electron chi connectivity index (χ1n) is 7.25. The van der Waals surface area contributed by atoms with Crippen LogP contribution in [0.4, 0.5) is 5.69 Å². The van der Waals surface area contributed by atoms with E-state index in [1.807, 2.05) is 24.3 Å². The van der Waals surface area contributed by atoms with Crippen LogP contribution in [0, 0.1) is 0 Å². The Morgan fingerprint density at radius 3 is 2.32 bits per heavy atom. The van der Waals surface area contributed by atoms with Crippen LogP contribution in [0.5, 0.6) is 11.5 Å². The zero-order valence-electron chi connectivity index (χ0n) is 13.1. The van der Waals surface area contributed by atoms with Crippen molar-refractivity contribution in [3.63, 3.8) is 0 Å². The molecule has 0 fully saturated rings. The van der Waals surface area contributed by atoms with E-state index in [0.29, 0.717) is 11.7 Å². The lowest BCUT2D eigenvalue weighted by molar-refractivity contribution is -0.118. The van der Waals surface area contributed by atoms with Crippen LogP contribution in [0.25, 0.3) is 0 Å². The standard InChI is InChI=1S/C18H21NO3/c1-13(2)16-6-4-5-7-17(16)19-18(20)12-22-15-10-8-14(21-3)9-11-15/h4-11,13H,12H2,1-3H3,(H,19,20). The van der Waals surface area contributed by atoms with Gasteiger partial charge in [-0.3, -0.25) is 4.79 Å². The third kappa shape index (κ3) is 4.25. The fourth-order valence-electron chi connectivity index (χ4n) is 2.12. The summed E-state index contributed by atoms with van der Waals surface area (Å²) in [6.07, 6.45) is 0. The van der Waals surface area contributed by atoms with Crippen LogP contribution in [0.15, 0.2) is 48.5 Å². The minimum Gasteiger partial charge on any atom is -0.497 e. The lowest BCUT2D eigenvalue weighted by Gasteiger charge is -2.14. The Morgan fingerprint density at radius 1 is 1.05 bits per heavy atom. The van der Waals surface area contributed by atoms with Crippen molar-refractivity contribution in [3.8, 4) is 11.5 Å². The highest BCUT2D eigenvalue weighted by Crippen LogP contribution is 2.23. The van der Waals surface area contributed by atoms with Crippen LogP contribution in [-0.4, -0.2) is 19.6 Å². The summed E-state index contributed by atoms with van der Waals surface area (Å²) >= 11 is 0. The minimum absolute atomic E-state index is 0.0290. The SMILES string of the molecule is COc1ccc(OCC(=O)Nc2ccccc2C(C)C)cc1. The zero-order valence-corrected chi connectivity index (χ0v) is 13.1. The van der Waals surface area contributed by atoms with E-state index in [9.17, 15) is 4.79 Å². The van der Waals surface area contributed by atoms with Crippen molar-refractivity contribution in [2.75, 3.05) is 19.0 Å². The maximum atomic E-state index is 12.0. The van der Waals surface area contributed by atoms with Gasteiger partial charge in [-0.1, -0.05) is 32.0 Å². The third-order valence-electron chi connectivity index (χ3n) is 3.29. The Bertz CT molecular complexity index is 620. The monoisotopic (exact) mass is 299 g/mol. The highest BCUT2D eigenvalue weighted by Gasteiger charge is 2.09. The van der Waals surface area contributed by atoms with Gasteiger partial charge in [0.15, 0.2) is 6.61 Å². The summed E-state index contributed by atoms with van der Waals surface area (Å²) in [5.74, 6) is 1.55. The molecule has 0 heterocycles. The molecule has 0 aromatic heterocycles.